The van der Waals surface area contributed by atoms with Crippen LogP contribution in [0.2, 0.25) is 0 Å². The summed E-state index contributed by atoms with van der Waals surface area (Å²) >= 11 is 21.4. The van der Waals surface area contributed by atoms with Gasteiger partial charge in [-0.2, -0.15) is 0 Å². The summed E-state index contributed by atoms with van der Waals surface area (Å²) in [4.78, 5) is 42.2. The minimum Gasteiger partial charge on any atom is -0.462 e. The van der Waals surface area contributed by atoms with E-state index in [4.69, 9.17) is 49.0 Å². The molecule has 13 heteroatoms. The lowest BCUT2D eigenvalue weighted by atomic mass is 9.97. The smallest absolute Gasteiger partial charge is 0.408 e. The third kappa shape index (κ3) is 16.1. The maximum Gasteiger partial charge on any atom is 0.408 e. The third-order valence-corrected chi connectivity index (χ3v) is 8.69. The molecule has 1 unspecified atom stereocenters. The molecule has 1 N–H and O–H groups in total. The van der Waals surface area contributed by atoms with E-state index in [9.17, 15) is 14.4 Å². The Balaban J connectivity index is 2.77. The molecule has 0 saturated carbocycles. The van der Waals surface area contributed by atoms with Crippen molar-refractivity contribution < 1.29 is 28.6 Å². The number of alkyl carbamates (subject to hydrolysis) is 1. The molecule has 1 heterocycles. The Kier molecular flexibility index (Phi) is 18.2. The van der Waals surface area contributed by atoms with E-state index < -0.39 is 39.6 Å². The van der Waals surface area contributed by atoms with E-state index in [1.54, 1.807) is 24.6 Å². The van der Waals surface area contributed by atoms with Crippen molar-refractivity contribution in [3.8, 4) is 0 Å². The van der Waals surface area contributed by atoms with Crippen molar-refractivity contribution in [2.75, 3.05) is 0 Å². The van der Waals surface area contributed by atoms with Crippen LogP contribution < -0.4 is 5.32 Å². The first-order chi connectivity index (χ1) is 20.5. The molecule has 0 saturated heterocycles. The Morgan fingerprint density at radius 3 is 2.36 bits per heavy atom. The fourth-order valence-electron chi connectivity index (χ4n) is 3.89. The fraction of sp³-hybridized carbons (Fsp3) is 0.548. The number of aromatic nitrogens is 1. The molecule has 0 aliphatic rings. The summed E-state index contributed by atoms with van der Waals surface area (Å²) in [6.45, 7) is 12.5. The largest absolute Gasteiger partial charge is 0.462 e. The molecule has 0 spiro atoms. The van der Waals surface area contributed by atoms with E-state index in [1.807, 2.05) is 49.3 Å². The van der Waals surface area contributed by atoms with E-state index in [-0.39, 0.29) is 18.4 Å². The summed E-state index contributed by atoms with van der Waals surface area (Å²) in [5, 5.41) is 4.64. The minimum atomic E-state index is -1.86. The zero-order valence-corrected chi connectivity index (χ0v) is 31.3. The second-order valence-corrected chi connectivity index (χ2v) is 14.7. The minimum absolute atomic E-state index is 0.0536. The van der Waals surface area contributed by atoms with Gasteiger partial charge in [0.05, 0.1) is 17.6 Å². The molecule has 0 aliphatic heterocycles. The summed E-state index contributed by atoms with van der Waals surface area (Å²) in [6, 6.07) is -0.626. The molecule has 4 atom stereocenters. The van der Waals surface area contributed by atoms with Crippen LogP contribution in [0.5, 0.6) is 0 Å². The van der Waals surface area contributed by atoms with Crippen LogP contribution >= 0.6 is 68.7 Å². The van der Waals surface area contributed by atoms with Crippen LogP contribution in [0, 0.1) is 0 Å². The lowest BCUT2D eigenvalue weighted by molar-refractivity contribution is -0.148. The highest BCUT2D eigenvalue weighted by Crippen LogP contribution is 2.40. The van der Waals surface area contributed by atoms with Crippen molar-refractivity contribution in [1.82, 2.24) is 10.3 Å². The van der Waals surface area contributed by atoms with Crippen LogP contribution in [-0.2, 0) is 23.8 Å². The summed E-state index contributed by atoms with van der Waals surface area (Å²) in [5.74, 6) is -0.988. The SMILES string of the molecule is CCC(/C=C(C)/C=C/I)OC(=O)/C=C\C=C(/C)C[C@H](C)OC(=O)C[C@@H](C[C@H](C)c1cscn1)NC(=O)OC(C)(C)C(Cl)(Cl)Cl. The number of halogens is 4. The number of nitrogens with zero attached hydrogens (tertiary/aromatic N) is 1. The molecule has 1 aromatic heterocycles. The van der Waals surface area contributed by atoms with Gasteiger partial charge >= 0.3 is 18.0 Å². The highest BCUT2D eigenvalue weighted by Gasteiger charge is 2.44. The Morgan fingerprint density at radius 2 is 1.80 bits per heavy atom. The number of amides is 1. The predicted octanol–water partition coefficient (Wildman–Crippen LogP) is 9.31. The number of nitrogens with one attached hydrogen (secondary N) is 1. The van der Waals surface area contributed by atoms with E-state index in [0.717, 1.165) is 16.8 Å². The van der Waals surface area contributed by atoms with Gasteiger partial charge in [0.1, 0.15) is 12.2 Å². The average Bonchev–Trinajstić information content (AvgIpc) is 3.42. The van der Waals surface area contributed by atoms with E-state index in [1.165, 1.54) is 31.3 Å². The van der Waals surface area contributed by atoms with Crippen molar-refractivity contribution in [3.63, 3.8) is 0 Å². The summed E-state index contributed by atoms with van der Waals surface area (Å²) in [6.07, 6.45) is 8.43. The van der Waals surface area contributed by atoms with Gasteiger partial charge in [0.15, 0.2) is 5.60 Å². The van der Waals surface area contributed by atoms with Gasteiger partial charge in [-0.15, -0.1) is 11.3 Å². The Bertz CT molecular complexity index is 1200. The van der Waals surface area contributed by atoms with Gasteiger partial charge < -0.3 is 19.5 Å². The monoisotopic (exact) mass is 802 g/mol. The number of esters is 2. The van der Waals surface area contributed by atoms with Crippen molar-refractivity contribution in [2.45, 2.75) is 108 Å². The van der Waals surface area contributed by atoms with E-state index >= 15 is 0 Å². The fourth-order valence-corrected chi connectivity index (χ4v) is 5.25. The lowest BCUT2D eigenvalue weighted by Gasteiger charge is -2.32. The van der Waals surface area contributed by atoms with Crippen molar-refractivity contribution in [2.24, 2.45) is 0 Å². The Morgan fingerprint density at radius 1 is 1.11 bits per heavy atom. The van der Waals surface area contributed by atoms with Crippen LogP contribution in [0.4, 0.5) is 4.79 Å². The number of ether oxygens (including phenoxy) is 3. The number of rotatable bonds is 16. The maximum atomic E-state index is 12.9. The van der Waals surface area contributed by atoms with Crippen LogP contribution in [-0.4, -0.2) is 50.7 Å². The van der Waals surface area contributed by atoms with Crippen molar-refractivity contribution >= 4 is 86.8 Å². The highest BCUT2D eigenvalue weighted by atomic mass is 127. The zero-order chi connectivity index (χ0) is 33.5. The number of carbonyl (C=O) groups is 3. The summed E-state index contributed by atoms with van der Waals surface area (Å²) in [5.41, 5.74) is 3.07. The van der Waals surface area contributed by atoms with Gasteiger partial charge in [0, 0.05) is 29.8 Å². The predicted molar refractivity (Wildman–Crippen MR) is 188 cm³/mol. The van der Waals surface area contributed by atoms with Crippen molar-refractivity contribution in [3.05, 3.63) is 62.2 Å². The van der Waals surface area contributed by atoms with Gasteiger partial charge in [0.25, 0.3) is 0 Å². The molecule has 0 fully saturated rings. The molecule has 8 nitrogen and oxygen atoms in total. The van der Waals surface area contributed by atoms with Crippen LogP contribution in [0.25, 0.3) is 0 Å². The van der Waals surface area contributed by atoms with Gasteiger partial charge in [-0.25, -0.2) is 14.6 Å². The normalized spacial score (nSPS) is 16.0. The number of thiazole rings is 1. The molecule has 1 aromatic rings. The molecule has 0 radical (unpaired) electrons. The number of carbonyl (C=O) groups excluding carboxylic acids is 3. The first kappa shape index (κ1) is 40.4. The van der Waals surface area contributed by atoms with Crippen LogP contribution in [0.15, 0.2) is 56.5 Å². The molecule has 44 heavy (non-hydrogen) atoms. The molecule has 246 valence electrons. The maximum absolute atomic E-state index is 12.9. The summed E-state index contributed by atoms with van der Waals surface area (Å²) < 4.78 is 16.5. The molecule has 0 bridgehead atoms. The third-order valence-electron chi connectivity index (χ3n) is 6.36. The van der Waals surface area contributed by atoms with Gasteiger partial charge in [-0.05, 0) is 57.6 Å². The second kappa shape index (κ2) is 19.8. The summed E-state index contributed by atoms with van der Waals surface area (Å²) in [7, 11) is 0. The van der Waals surface area contributed by atoms with Crippen LogP contribution in [0.1, 0.15) is 85.8 Å². The molecule has 0 aliphatic carbocycles. The van der Waals surface area contributed by atoms with Crippen LogP contribution in [0.3, 0.4) is 0 Å². The molecular formula is C31H42Cl3IN2O6S. The molecular weight excluding hydrogens is 762 g/mol. The number of hydrogen-bond acceptors (Lipinski definition) is 8. The standard InChI is InChI=1S/C31H42Cl3IN2O6S/c1-8-25(15-21(3)12-13-35)42-27(38)11-9-10-20(2)14-23(5)41-28(39)17-24(16-22(4)26-18-44-19-36-26)37-29(40)43-30(6,7)31(32,33)34/h9-13,15,18-19,22-25H,8,14,16-17H2,1-7H3,(H,37,40)/b11-9-,13-12+,20-10+,21-15+/t22-,23-,24+,25?/m0/s1. The highest BCUT2D eigenvalue weighted by molar-refractivity contribution is 14.1. The lowest BCUT2D eigenvalue weighted by Crippen LogP contribution is -2.47. The Labute approximate surface area is 293 Å². The zero-order valence-electron chi connectivity index (χ0n) is 26.1. The van der Waals surface area contributed by atoms with Gasteiger partial charge in [-0.1, -0.05) is 101 Å². The number of hydrogen-bond donors (Lipinski definition) is 1. The van der Waals surface area contributed by atoms with E-state index in [0.29, 0.717) is 19.3 Å². The Hall–Kier alpha value is -1.60. The average molecular weight is 804 g/mol. The quantitative estimate of drug-likeness (QED) is 0.0444. The number of alkyl halides is 3. The number of allylic oxidation sites excluding steroid dienone is 4. The van der Waals surface area contributed by atoms with Crippen molar-refractivity contribution in [1.29, 1.82) is 0 Å². The topological polar surface area (TPSA) is 104 Å². The van der Waals surface area contributed by atoms with Gasteiger partial charge in [0.2, 0.25) is 3.79 Å². The molecule has 1 rings (SSSR count). The first-order valence-electron chi connectivity index (χ1n) is 14.1. The second-order valence-electron chi connectivity index (χ2n) is 11.0. The first-order valence-corrected chi connectivity index (χ1v) is 17.4. The molecule has 1 amide bonds. The molecule has 0 aromatic carbocycles. The van der Waals surface area contributed by atoms with E-state index in [2.05, 4.69) is 32.9 Å². The van der Waals surface area contributed by atoms with Gasteiger partial charge in [-0.3, -0.25) is 4.79 Å².